The Bertz CT molecular complexity index is 336. The summed E-state index contributed by atoms with van der Waals surface area (Å²) in [6.45, 7) is -0.0268. The monoisotopic (exact) mass is 238 g/mol. The van der Waals surface area contributed by atoms with Crippen LogP contribution in [0.25, 0.3) is 0 Å². The number of halogens is 3. The minimum Gasteiger partial charge on any atom is -0.494 e. The van der Waals surface area contributed by atoms with Crippen LogP contribution in [0.2, 0.25) is 0 Å². The van der Waals surface area contributed by atoms with Crippen molar-refractivity contribution in [3.05, 3.63) is 29.3 Å². The second-order valence-electron chi connectivity index (χ2n) is 2.82. The fourth-order valence-corrected chi connectivity index (χ4v) is 1.16. The second kappa shape index (κ2) is 5.85. The van der Waals surface area contributed by atoms with Crippen molar-refractivity contribution in [3.63, 3.8) is 0 Å². The molecule has 1 aromatic carbocycles. The quantitative estimate of drug-likeness (QED) is 0.836. The maximum absolute atomic E-state index is 13.5. The molecule has 1 atom stereocenters. The number of hydrogen-bond donors (Lipinski definition) is 2. The lowest BCUT2D eigenvalue weighted by Gasteiger charge is -2.13. The van der Waals surface area contributed by atoms with E-state index < -0.39 is 17.7 Å². The molecule has 1 aromatic rings. The maximum Gasteiger partial charge on any atom is 0.172 e. The highest BCUT2D eigenvalue weighted by atomic mass is 35.5. The largest absolute Gasteiger partial charge is 0.494 e. The molecule has 0 heterocycles. The van der Waals surface area contributed by atoms with Crippen molar-refractivity contribution in [3.8, 4) is 5.75 Å². The summed E-state index contributed by atoms with van der Waals surface area (Å²) in [5.74, 6) is -1.53. The summed E-state index contributed by atoms with van der Waals surface area (Å²) in [5.41, 5.74) is 10.5. The zero-order chi connectivity index (χ0) is 10.7. The van der Waals surface area contributed by atoms with Crippen LogP contribution in [0.5, 0.6) is 5.75 Å². The second-order valence-corrected chi connectivity index (χ2v) is 2.82. The van der Waals surface area contributed by atoms with E-state index in [9.17, 15) is 8.78 Å². The molecule has 0 saturated heterocycles. The van der Waals surface area contributed by atoms with Gasteiger partial charge in [-0.15, -0.1) is 12.4 Å². The zero-order valence-electron chi connectivity index (χ0n) is 8.17. The molecule has 3 nitrogen and oxygen atoms in total. The third-order valence-corrected chi connectivity index (χ3v) is 1.94. The van der Waals surface area contributed by atoms with Crippen molar-refractivity contribution in [1.82, 2.24) is 0 Å². The van der Waals surface area contributed by atoms with E-state index in [2.05, 4.69) is 0 Å². The van der Waals surface area contributed by atoms with Crippen LogP contribution in [0.15, 0.2) is 12.1 Å². The van der Waals surface area contributed by atoms with Crippen LogP contribution in [-0.4, -0.2) is 13.7 Å². The van der Waals surface area contributed by atoms with E-state index in [4.69, 9.17) is 16.2 Å². The first-order valence-corrected chi connectivity index (χ1v) is 4.09. The molecule has 86 valence electrons. The molecule has 0 spiro atoms. The molecule has 6 heteroatoms. The highest BCUT2D eigenvalue weighted by Gasteiger charge is 2.18. The van der Waals surface area contributed by atoms with E-state index in [-0.39, 0.29) is 30.3 Å². The highest BCUT2D eigenvalue weighted by Crippen LogP contribution is 2.26. The number of nitrogens with two attached hydrogens (primary N) is 2. The Morgan fingerprint density at radius 3 is 2.47 bits per heavy atom. The van der Waals surface area contributed by atoms with Gasteiger partial charge in [-0.1, -0.05) is 0 Å². The van der Waals surface area contributed by atoms with Crippen molar-refractivity contribution in [1.29, 1.82) is 0 Å². The van der Waals surface area contributed by atoms with E-state index in [1.165, 1.54) is 13.2 Å². The number of ether oxygens (including phenoxy) is 1. The Morgan fingerprint density at radius 1 is 1.40 bits per heavy atom. The summed E-state index contributed by atoms with van der Waals surface area (Å²) in [6.07, 6.45) is 0. The lowest BCUT2D eigenvalue weighted by atomic mass is 10.1. The molecule has 4 N–H and O–H groups in total. The summed E-state index contributed by atoms with van der Waals surface area (Å²) in [4.78, 5) is 0. The van der Waals surface area contributed by atoms with Crippen LogP contribution in [0.3, 0.4) is 0 Å². The van der Waals surface area contributed by atoms with Gasteiger partial charge >= 0.3 is 0 Å². The molecule has 0 aromatic heterocycles. The Kier molecular flexibility index (Phi) is 5.49. The summed E-state index contributed by atoms with van der Waals surface area (Å²) < 4.78 is 31.3. The molecule has 0 aliphatic carbocycles. The van der Waals surface area contributed by atoms with Gasteiger partial charge in [0.25, 0.3) is 0 Å². The number of benzene rings is 1. The van der Waals surface area contributed by atoms with E-state index >= 15 is 0 Å². The highest BCUT2D eigenvalue weighted by molar-refractivity contribution is 5.85. The van der Waals surface area contributed by atoms with Crippen molar-refractivity contribution in [2.24, 2.45) is 11.5 Å². The first-order chi connectivity index (χ1) is 6.61. The van der Waals surface area contributed by atoms with Crippen LogP contribution < -0.4 is 16.2 Å². The first kappa shape index (κ1) is 14.1. The fraction of sp³-hybridized carbons (Fsp3) is 0.333. The van der Waals surface area contributed by atoms with Gasteiger partial charge in [0.2, 0.25) is 0 Å². The van der Waals surface area contributed by atoms with Crippen LogP contribution in [-0.2, 0) is 0 Å². The van der Waals surface area contributed by atoms with E-state index in [1.54, 1.807) is 0 Å². The standard InChI is InChI=1S/C9H12F2N2O.ClH/c1-14-7-3-2-5(10)8(9(7)11)6(13)4-12;/h2-3,6H,4,12-13H2,1H3;1H/t6-;/m0./s1. The number of hydrogen-bond acceptors (Lipinski definition) is 3. The minimum absolute atomic E-state index is 0. The van der Waals surface area contributed by atoms with E-state index in [1.807, 2.05) is 0 Å². The molecule has 15 heavy (non-hydrogen) atoms. The maximum atomic E-state index is 13.5. The molecular formula is C9H13ClF2N2O. The van der Waals surface area contributed by atoms with Gasteiger partial charge in [0, 0.05) is 18.2 Å². The molecule has 1 rings (SSSR count). The summed E-state index contributed by atoms with van der Waals surface area (Å²) in [6, 6.07) is 1.45. The SMILES string of the molecule is COc1ccc(F)c([C@@H](N)CN)c1F.Cl. The van der Waals surface area contributed by atoms with Crippen LogP contribution in [0.4, 0.5) is 8.78 Å². The van der Waals surface area contributed by atoms with Gasteiger partial charge in [-0.05, 0) is 12.1 Å². The molecule has 0 radical (unpaired) electrons. The van der Waals surface area contributed by atoms with Crippen molar-refractivity contribution in [2.45, 2.75) is 6.04 Å². The third-order valence-electron chi connectivity index (χ3n) is 1.94. The van der Waals surface area contributed by atoms with Crippen LogP contribution in [0, 0.1) is 11.6 Å². The average Bonchev–Trinajstić information content (AvgIpc) is 2.18. The Hall–Kier alpha value is -0.910. The third kappa shape index (κ3) is 2.77. The molecular weight excluding hydrogens is 226 g/mol. The van der Waals surface area contributed by atoms with Crippen molar-refractivity contribution in [2.75, 3.05) is 13.7 Å². The Labute approximate surface area is 92.8 Å². The van der Waals surface area contributed by atoms with Crippen LogP contribution >= 0.6 is 12.4 Å². The smallest absolute Gasteiger partial charge is 0.172 e. The molecule has 0 unspecified atom stereocenters. The zero-order valence-corrected chi connectivity index (χ0v) is 8.98. The van der Waals surface area contributed by atoms with Gasteiger partial charge in [-0.3, -0.25) is 0 Å². The van der Waals surface area contributed by atoms with Crippen molar-refractivity contribution < 1.29 is 13.5 Å². The molecule has 0 saturated carbocycles. The molecule has 0 aliphatic rings. The predicted octanol–water partition coefficient (Wildman–Crippen LogP) is 1.35. The van der Waals surface area contributed by atoms with Gasteiger partial charge in [-0.2, -0.15) is 0 Å². The number of methoxy groups -OCH3 is 1. The molecule has 0 bridgehead atoms. The summed E-state index contributed by atoms with van der Waals surface area (Å²) in [7, 11) is 1.30. The van der Waals surface area contributed by atoms with Gasteiger partial charge < -0.3 is 16.2 Å². The van der Waals surface area contributed by atoms with E-state index in [0.717, 1.165) is 6.07 Å². The molecule has 0 aliphatic heterocycles. The van der Waals surface area contributed by atoms with Crippen molar-refractivity contribution >= 4 is 12.4 Å². The van der Waals surface area contributed by atoms with Gasteiger partial charge in [0.15, 0.2) is 11.6 Å². The average molecular weight is 239 g/mol. The summed E-state index contributed by atoms with van der Waals surface area (Å²) >= 11 is 0. The topological polar surface area (TPSA) is 61.3 Å². The lowest BCUT2D eigenvalue weighted by molar-refractivity contribution is 0.378. The Balaban J connectivity index is 0.00000196. The van der Waals surface area contributed by atoms with E-state index in [0.29, 0.717) is 0 Å². The Morgan fingerprint density at radius 2 is 2.00 bits per heavy atom. The lowest BCUT2D eigenvalue weighted by Crippen LogP contribution is -2.23. The van der Waals surface area contributed by atoms with Gasteiger partial charge in [0.1, 0.15) is 5.82 Å². The number of rotatable bonds is 3. The van der Waals surface area contributed by atoms with Gasteiger partial charge in [0.05, 0.1) is 7.11 Å². The van der Waals surface area contributed by atoms with Crippen LogP contribution in [0.1, 0.15) is 11.6 Å². The summed E-state index contributed by atoms with van der Waals surface area (Å²) in [5, 5.41) is 0. The predicted molar refractivity (Wildman–Crippen MR) is 56.1 cm³/mol. The first-order valence-electron chi connectivity index (χ1n) is 4.09. The molecule has 0 amide bonds. The normalized spacial score (nSPS) is 11.8. The van der Waals surface area contributed by atoms with Gasteiger partial charge in [-0.25, -0.2) is 8.78 Å². The fourth-order valence-electron chi connectivity index (χ4n) is 1.16. The minimum atomic E-state index is -0.856. The molecule has 0 fully saturated rings.